The molecule has 2 amide bonds. The number of carbonyl (C=O) groups is 2. The zero-order chi connectivity index (χ0) is 15.0. The van der Waals surface area contributed by atoms with Gasteiger partial charge in [0.05, 0.1) is 12.2 Å². The molecule has 1 fully saturated rings. The van der Waals surface area contributed by atoms with E-state index in [2.05, 4.69) is 5.32 Å². The Morgan fingerprint density at radius 2 is 1.75 bits per heavy atom. The first-order valence-electron chi connectivity index (χ1n) is 7.39. The molecule has 116 valence electrons. The second-order valence-electron chi connectivity index (χ2n) is 5.45. The summed E-state index contributed by atoms with van der Waals surface area (Å²) in [5, 5.41) is 11.4. The summed E-state index contributed by atoms with van der Waals surface area (Å²) in [4.78, 5) is 24.1. The van der Waals surface area contributed by atoms with Gasteiger partial charge in [-0.2, -0.15) is 0 Å². The van der Waals surface area contributed by atoms with E-state index < -0.39 is 5.97 Å². The molecule has 1 aliphatic rings. The van der Waals surface area contributed by atoms with E-state index in [9.17, 15) is 9.59 Å². The Kier molecular flexibility index (Phi) is 7.36. The molecule has 0 aliphatic carbocycles. The van der Waals surface area contributed by atoms with E-state index in [1.54, 1.807) is 4.90 Å². The van der Waals surface area contributed by atoms with Crippen LogP contribution in [0, 0.1) is 0 Å². The molecule has 20 heavy (non-hydrogen) atoms. The van der Waals surface area contributed by atoms with Crippen molar-refractivity contribution in [2.45, 2.75) is 58.2 Å². The summed E-state index contributed by atoms with van der Waals surface area (Å²) in [6.45, 7) is 5.85. The van der Waals surface area contributed by atoms with Gasteiger partial charge in [0, 0.05) is 26.1 Å². The molecule has 1 heterocycles. The average molecular weight is 286 g/mol. The Labute approximate surface area is 120 Å². The molecule has 0 spiro atoms. The lowest BCUT2D eigenvalue weighted by molar-refractivity contribution is -0.137. The number of urea groups is 1. The number of nitrogens with zero attached hydrogens (tertiary/aromatic N) is 1. The van der Waals surface area contributed by atoms with Crippen LogP contribution in [0.25, 0.3) is 0 Å². The van der Waals surface area contributed by atoms with Crippen molar-refractivity contribution in [3.8, 4) is 0 Å². The summed E-state index contributed by atoms with van der Waals surface area (Å²) in [6, 6.07) is -0.0301. The molecular formula is C14H26N2O4. The van der Waals surface area contributed by atoms with Gasteiger partial charge in [0.1, 0.15) is 0 Å². The maximum atomic E-state index is 11.9. The smallest absolute Gasteiger partial charge is 0.317 e. The second-order valence-corrected chi connectivity index (χ2v) is 5.45. The molecule has 0 radical (unpaired) electrons. The van der Waals surface area contributed by atoms with Gasteiger partial charge in [-0.15, -0.1) is 0 Å². The molecule has 0 saturated carbocycles. The number of morpholine rings is 1. The van der Waals surface area contributed by atoms with Crippen molar-refractivity contribution >= 4 is 12.0 Å². The molecule has 0 bridgehead atoms. The SMILES string of the molecule is C[C@@H]1CN(C(=O)NCCCCCCC(=O)O)C[C@H](C)O1. The lowest BCUT2D eigenvalue weighted by Gasteiger charge is -2.35. The molecule has 1 aliphatic heterocycles. The molecule has 6 heteroatoms. The lowest BCUT2D eigenvalue weighted by atomic mass is 10.1. The Hall–Kier alpha value is -1.30. The van der Waals surface area contributed by atoms with Gasteiger partial charge in [0.2, 0.25) is 0 Å². The van der Waals surface area contributed by atoms with Crippen LogP contribution >= 0.6 is 0 Å². The number of ether oxygens (including phenoxy) is 1. The topological polar surface area (TPSA) is 78.9 Å². The predicted octanol–water partition coefficient (Wildman–Crippen LogP) is 1.84. The van der Waals surface area contributed by atoms with Gasteiger partial charge >= 0.3 is 12.0 Å². The third kappa shape index (κ3) is 6.75. The summed E-state index contributed by atoms with van der Waals surface area (Å²) >= 11 is 0. The first-order valence-corrected chi connectivity index (χ1v) is 7.39. The molecule has 1 rings (SSSR count). The fourth-order valence-electron chi connectivity index (χ4n) is 2.41. The molecule has 6 nitrogen and oxygen atoms in total. The van der Waals surface area contributed by atoms with Crippen LogP contribution in [0.3, 0.4) is 0 Å². The van der Waals surface area contributed by atoms with E-state index >= 15 is 0 Å². The number of carboxylic acid groups (broad SMARTS) is 1. The minimum absolute atomic E-state index is 0.0301. The quantitative estimate of drug-likeness (QED) is 0.700. The average Bonchev–Trinajstić information content (AvgIpc) is 2.35. The van der Waals surface area contributed by atoms with Gasteiger partial charge in [-0.1, -0.05) is 12.8 Å². The number of rotatable bonds is 7. The van der Waals surface area contributed by atoms with E-state index in [1.807, 2.05) is 13.8 Å². The molecule has 1 saturated heterocycles. The number of nitrogens with one attached hydrogen (secondary N) is 1. The Morgan fingerprint density at radius 1 is 1.15 bits per heavy atom. The molecule has 2 atom stereocenters. The normalized spacial score (nSPS) is 22.6. The maximum Gasteiger partial charge on any atom is 0.317 e. The molecular weight excluding hydrogens is 260 g/mol. The van der Waals surface area contributed by atoms with Crippen LogP contribution < -0.4 is 5.32 Å². The third-order valence-corrected chi connectivity index (χ3v) is 3.30. The number of hydrogen-bond acceptors (Lipinski definition) is 3. The lowest BCUT2D eigenvalue weighted by Crippen LogP contribution is -2.51. The van der Waals surface area contributed by atoms with Crippen molar-refractivity contribution in [3.05, 3.63) is 0 Å². The van der Waals surface area contributed by atoms with Gasteiger partial charge < -0.3 is 20.1 Å². The minimum Gasteiger partial charge on any atom is -0.481 e. The van der Waals surface area contributed by atoms with Crippen molar-refractivity contribution in [1.29, 1.82) is 0 Å². The van der Waals surface area contributed by atoms with Crippen LogP contribution in [0.4, 0.5) is 4.79 Å². The van der Waals surface area contributed by atoms with E-state index in [0.29, 0.717) is 26.1 Å². The van der Waals surface area contributed by atoms with Crippen molar-refractivity contribution in [3.63, 3.8) is 0 Å². The van der Waals surface area contributed by atoms with Crippen LogP contribution in [-0.4, -0.2) is 53.8 Å². The molecule has 2 N–H and O–H groups in total. The predicted molar refractivity (Wildman–Crippen MR) is 75.7 cm³/mol. The van der Waals surface area contributed by atoms with E-state index in [0.717, 1.165) is 19.3 Å². The molecule has 0 aromatic rings. The number of carboxylic acids is 1. The maximum absolute atomic E-state index is 11.9. The molecule has 0 unspecified atom stereocenters. The summed E-state index contributed by atoms with van der Waals surface area (Å²) in [5.74, 6) is -0.742. The number of carbonyl (C=O) groups excluding carboxylic acids is 1. The van der Waals surface area contributed by atoms with E-state index in [-0.39, 0.29) is 24.7 Å². The number of aliphatic carboxylic acids is 1. The monoisotopic (exact) mass is 286 g/mol. The van der Waals surface area contributed by atoms with Gasteiger partial charge in [-0.25, -0.2) is 4.79 Å². The van der Waals surface area contributed by atoms with Crippen LogP contribution in [-0.2, 0) is 9.53 Å². The van der Waals surface area contributed by atoms with Crippen LogP contribution in [0.2, 0.25) is 0 Å². The Balaban J connectivity index is 2.06. The summed E-state index contributed by atoms with van der Waals surface area (Å²) in [5.41, 5.74) is 0. The fraction of sp³-hybridized carbons (Fsp3) is 0.857. The summed E-state index contributed by atoms with van der Waals surface area (Å²) in [7, 11) is 0. The number of amides is 2. The number of unbranched alkanes of at least 4 members (excludes halogenated alkanes) is 3. The van der Waals surface area contributed by atoms with Gasteiger partial charge in [0.25, 0.3) is 0 Å². The zero-order valence-electron chi connectivity index (χ0n) is 12.4. The van der Waals surface area contributed by atoms with Gasteiger partial charge in [-0.3, -0.25) is 4.79 Å². The van der Waals surface area contributed by atoms with Crippen LogP contribution in [0.5, 0.6) is 0 Å². The standard InChI is InChI=1S/C14H26N2O4/c1-11-9-16(10-12(2)20-11)14(19)15-8-6-4-3-5-7-13(17)18/h11-12H,3-10H2,1-2H3,(H,15,19)(H,17,18)/t11-,12+. The zero-order valence-corrected chi connectivity index (χ0v) is 12.4. The highest BCUT2D eigenvalue weighted by Gasteiger charge is 2.25. The van der Waals surface area contributed by atoms with E-state index in [4.69, 9.17) is 9.84 Å². The first kappa shape index (κ1) is 16.8. The molecule has 0 aromatic carbocycles. The van der Waals surface area contributed by atoms with E-state index in [1.165, 1.54) is 0 Å². The summed E-state index contributed by atoms with van der Waals surface area (Å²) in [6.07, 6.45) is 3.84. The van der Waals surface area contributed by atoms with Crippen molar-refractivity contribution in [1.82, 2.24) is 10.2 Å². The molecule has 0 aromatic heterocycles. The first-order chi connectivity index (χ1) is 9.49. The highest BCUT2D eigenvalue weighted by molar-refractivity contribution is 5.74. The highest BCUT2D eigenvalue weighted by atomic mass is 16.5. The third-order valence-electron chi connectivity index (χ3n) is 3.30. The second kappa shape index (κ2) is 8.79. The van der Waals surface area contributed by atoms with Gasteiger partial charge in [0.15, 0.2) is 0 Å². The van der Waals surface area contributed by atoms with Crippen molar-refractivity contribution in [2.75, 3.05) is 19.6 Å². The Bertz CT molecular complexity index is 312. The highest BCUT2D eigenvalue weighted by Crippen LogP contribution is 2.10. The largest absolute Gasteiger partial charge is 0.481 e. The summed E-state index contributed by atoms with van der Waals surface area (Å²) < 4.78 is 5.59. The Morgan fingerprint density at radius 3 is 2.35 bits per heavy atom. The minimum atomic E-state index is -0.742. The van der Waals surface area contributed by atoms with Crippen molar-refractivity contribution in [2.24, 2.45) is 0 Å². The fourth-order valence-corrected chi connectivity index (χ4v) is 2.41. The number of hydrogen-bond donors (Lipinski definition) is 2. The van der Waals surface area contributed by atoms with Crippen LogP contribution in [0.15, 0.2) is 0 Å². The van der Waals surface area contributed by atoms with Crippen molar-refractivity contribution < 1.29 is 19.4 Å². The van der Waals surface area contributed by atoms with Crippen LogP contribution in [0.1, 0.15) is 46.0 Å². The van der Waals surface area contributed by atoms with Gasteiger partial charge in [-0.05, 0) is 26.7 Å².